The number of aliphatic hydroxyl groups is 1. The first kappa shape index (κ1) is 12.1. The van der Waals surface area contributed by atoms with Gasteiger partial charge in [-0.05, 0) is 36.2 Å². The van der Waals surface area contributed by atoms with Gasteiger partial charge in [-0.3, -0.25) is 0 Å². The van der Waals surface area contributed by atoms with Crippen LogP contribution in [-0.4, -0.2) is 17.1 Å². The van der Waals surface area contributed by atoms with E-state index in [2.05, 4.69) is 12.1 Å². The van der Waals surface area contributed by atoms with Crippen molar-refractivity contribution < 1.29 is 13.9 Å². The number of benzene rings is 1. The molecule has 4 atom stereocenters. The molecule has 1 aromatic rings. The molecule has 3 heteroatoms. The molecule has 0 aromatic heterocycles. The van der Waals surface area contributed by atoms with Gasteiger partial charge in [0, 0.05) is 12.8 Å². The lowest BCUT2D eigenvalue weighted by atomic mass is 9.94. The second kappa shape index (κ2) is 4.30. The molecule has 2 fully saturated rings. The van der Waals surface area contributed by atoms with E-state index >= 15 is 0 Å². The van der Waals surface area contributed by atoms with Crippen molar-refractivity contribution in [3.63, 3.8) is 0 Å². The van der Waals surface area contributed by atoms with Crippen LogP contribution in [0.5, 0.6) is 0 Å². The van der Waals surface area contributed by atoms with Crippen molar-refractivity contribution in [1.29, 1.82) is 0 Å². The van der Waals surface area contributed by atoms with Gasteiger partial charge in [0.05, 0.1) is 6.10 Å². The highest BCUT2D eigenvalue weighted by atomic mass is 19.3. The zero-order valence-electron chi connectivity index (χ0n) is 10.2. The van der Waals surface area contributed by atoms with Gasteiger partial charge in [-0.2, -0.15) is 0 Å². The smallest absolute Gasteiger partial charge is 0.248 e. The van der Waals surface area contributed by atoms with E-state index in [9.17, 15) is 13.9 Å². The van der Waals surface area contributed by atoms with Crippen LogP contribution in [0.25, 0.3) is 0 Å². The first-order valence-corrected chi connectivity index (χ1v) is 6.68. The van der Waals surface area contributed by atoms with E-state index in [0.29, 0.717) is 12.3 Å². The van der Waals surface area contributed by atoms with Crippen molar-refractivity contribution >= 4 is 0 Å². The Bertz CT molecular complexity index is 418. The lowest BCUT2D eigenvalue weighted by Gasteiger charge is -2.18. The number of aliphatic hydroxyl groups excluding tert-OH is 1. The van der Waals surface area contributed by atoms with Crippen LogP contribution in [0, 0.1) is 11.8 Å². The second-order valence-electron chi connectivity index (χ2n) is 5.77. The molecule has 2 aliphatic rings. The van der Waals surface area contributed by atoms with Crippen LogP contribution in [-0.2, 0) is 0 Å². The van der Waals surface area contributed by atoms with Crippen molar-refractivity contribution in [1.82, 2.24) is 0 Å². The van der Waals surface area contributed by atoms with Crippen LogP contribution in [0.2, 0.25) is 0 Å². The van der Waals surface area contributed by atoms with Gasteiger partial charge in [0.15, 0.2) is 0 Å². The van der Waals surface area contributed by atoms with Gasteiger partial charge in [-0.15, -0.1) is 0 Å². The van der Waals surface area contributed by atoms with Crippen molar-refractivity contribution in [2.24, 2.45) is 11.8 Å². The van der Waals surface area contributed by atoms with Crippen LogP contribution in [0.4, 0.5) is 8.78 Å². The average Bonchev–Trinajstić information content (AvgIpc) is 3.08. The van der Waals surface area contributed by atoms with Crippen LogP contribution >= 0.6 is 0 Å². The number of hydrogen-bond donors (Lipinski definition) is 1. The van der Waals surface area contributed by atoms with Gasteiger partial charge in [0.25, 0.3) is 0 Å². The molecule has 0 spiro atoms. The third kappa shape index (κ3) is 2.28. The van der Waals surface area contributed by atoms with E-state index < -0.39 is 12.0 Å². The maximum atomic E-state index is 13.1. The fraction of sp³-hybridized carbons (Fsp3) is 0.600. The molecule has 98 valence electrons. The second-order valence-corrected chi connectivity index (χ2v) is 5.77. The summed E-state index contributed by atoms with van der Waals surface area (Å²) in [6, 6.07) is 10.1. The summed E-state index contributed by atoms with van der Waals surface area (Å²) in [6.45, 7) is 0. The molecule has 0 saturated heterocycles. The maximum Gasteiger partial charge on any atom is 0.248 e. The van der Waals surface area contributed by atoms with Crippen LogP contribution in [0.3, 0.4) is 0 Å². The van der Waals surface area contributed by atoms with Gasteiger partial charge in [0.2, 0.25) is 5.92 Å². The van der Waals surface area contributed by atoms with E-state index in [-0.39, 0.29) is 24.7 Å². The minimum Gasteiger partial charge on any atom is -0.393 e. The SMILES string of the molecule is OC(C1CCC(F)(F)C1)C1CC1c1ccccc1. The molecule has 3 rings (SSSR count). The predicted molar refractivity (Wildman–Crippen MR) is 65.6 cm³/mol. The Labute approximate surface area is 106 Å². The minimum atomic E-state index is -2.55. The number of halogens is 2. The highest BCUT2D eigenvalue weighted by Gasteiger charge is 2.50. The third-order valence-electron chi connectivity index (χ3n) is 4.43. The molecule has 0 aliphatic heterocycles. The average molecular weight is 252 g/mol. The fourth-order valence-electron chi connectivity index (χ4n) is 3.30. The van der Waals surface area contributed by atoms with E-state index in [0.717, 1.165) is 6.42 Å². The predicted octanol–water partition coefficient (Wildman–Crippen LogP) is 3.59. The van der Waals surface area contributed by atoms with E-state index in [4.69, 9.17) is 0 Å². The summed E-state index contributed by atoms with van der Waals surface area (Å²) in [5, 5.41) is 10.2. The molecule has 0 bridgehead atoms. The first-order chi connectivity index (χ1) is 8.57. The lowest BCUT2D eigenvalue weighted by molar-refractivity contribution is -0.00744. The van der Waals surface area contributed by atoms with Gasteiger partial charge in [0.1, 0.15) is 0 Å². The van der Waals surface area contributed by atoms with E-state index in [1.807, 2.05) is 18.2 Å². The molecule has 18 heavy (non-hydrogen) atoms. The Morgan fingerprint density at radius 1 is 1.22 bits per heavy atom. The van der Waals surface area contributed by atoms with Crippen molar-refractivity contribution in [2.75, 3.05) is 0 Å². The first-order valence-electron chi connectivity index (χ1n) is 6.68. The summed E-state index contributed by atoms with van der Waals surface area (Å²) in [4.78, 5) is 0. The van der Waals surface area contributed by atoms with E-state index in [1.165, 1.54) is 5.56 Å². The fourth-order valence-corrected chi connectivity index (χ4v) is 3.30. The number of rotatable bonds is 3. The molecule has 1 N–H and O–H groups in total. The Morgan fingerprint density at radius 3 is 2.56 bits per heavy atom. The number of hydrogen-bond acceptors (Lipinski definition) is 1. The topological polar surface area (TPSA) is 20.2 Å². The normalized spacial score (nSPS) is 35.4. The van der Waals surface area contributed by atoms with Crippen LogP contribution in [0.1, 0.15) is 37.2 Å². The minimum absolute atomic E-state index is 0.0581. The van der Waals surface area contributed by atoms with Crippen molar-refractivity contribution in [3.05, 3.63) is 35.9 Å². The molecule has 2 saturated carbocycles. The zero-order valence-corrected chi connectivity index (χ0v) is 10.2. The Hall–Kier alpha value is -0.960. The highest BCUT2D eigenvalue weighted by Crippen LogP contribution is 2.54. The Morgan fingerprint density at radius 2 is 1.94 bits per heavy atom. The van der Waals surface area contributed by atoms with Gasteiger partial charge in [-0.1, -0.05) is 30.3 Å². The van der Waals surface area contributed by atoms with Gasteiger partial charge in [-0.25, -0.2) is 8.78 Å². The lowest BCUT2D eigenvalue weighted by Crippen LogP contribution is -2.22. The Kier molecular flexibility index (Phi) is 2.89. The largest absolute Gasteiger partial charge is 0.393 e. The summed E-state index contributed by atoms with van der Waals surface area (Å²) in [7, 11) is 0. The third-order valence-corrected chi connectivity index (χ3v) is 4.43. The van der Waals surface area contributed by atoms with Crippen LogP contribution in [0.15, 0.2) is 30.3 Å². The Balaban J connectivity index is 1.62. The molecule has 0 heterocycles. The summed E-state index contributed by atoms with van der Waals surface area (Å²) in [6.07, 6.45) is 0.659. The summed E-state index contributed by atoms with van der Waals surface area (Å²) in [5.74, 6) is -2.21. The van der Waals surface area contributed by atoms with Gasteiger partial charge < -0.3 is 5.11 Å². The summed E-state index contributed by atoms with van der Waals surface area (Å²) < 4.78 is 26.3. The molecule has 4 unspecified atom stereocenters. The number of alkyl halides is 2. The monoisotopic (exact) mass is 252 g/mol. The maximum absolute atomic E-state index is 13.1. The van der Waals surface area contributed by atoms with Gasteiger partial charge >= 0.3 is 0 Å². The molecule has 2 aliphatic carbocycles. The molecule has 1 aromatic carbocycles. The molecule has 1 nitrogen and oxygen atoms in total. The van der Waals surface area contributed by atoms with E-state index in [1.54, 1.807) is 0 Å². The summed E-state index contributed by atoms with van der Waals surface area (Å²) >= 11 is 0. The quantitative estimate of drug-likeness (QED) is 0.871. The molecular weight excluding hydrogens is 234 g/mol. The van der Waals surface area contributed by atoms with Crippen molar-refractivity contribution in [2.45, 2.75) is 43.6 Å². The summed E-state index contributed by atoms with van der Waals surface area (Å²) in [5.41, 5.74) is 1.23. The standard InChI is InChI=1S/C15H18F2O/c16-15(17)7-6-11(9-15)14(18)13-8-12(13)10-4-2-1-3-5-10/h1-5,11-14,18H,6-9H2. The molecular formula is C15H18F2O. The van der Waals surface area contributed by atoms with Crippen LogP contribution < -0.4 is 0 Å². The molecule has 0 radical (unpaired) electrons. The highest BCUT2D eigenvalue weighted by molar-refractivity contribution is 5.26. The zero-order chi connectivity index (χ0) is 12.8. The molecule has 0 amide bonds. The van der Waals surface area contributed by atoms with Crippen molar-refractivity contribution in [3.8, 4) is 0 Å².